The molecule has 0 unspecified atom stereocenters. The molecule has 88 valence electrons. The summed E-state index contributed by atoms with van der Waals surface area (Å²) in [6.45, 7) is 3.84. The summed E-state index contributed by atoms with van der Waals surface area (Å²) in [4.78, 5) is 11.8. The molecule has 0 heterocycles. The fourth-order valence-electron chi connectivity index (χ4n) is 1.97. The van der Waals surface area contributed by atoms with Crippen molar-refractivity contribution in [1.29, 1.82) is 0 Å². The van der Waals surface area contributed by atoms with E-state index in [1.165, 1.54) is 0 Å². The first kappa shape index (κ1) is 12.7. The Hall–Kier alpha value is -0.410. The Bertz CT molecular complexity index is 203. The van der Waals surface area contributed by atoms with E-state index in [0.29, 0.717) is 12.8 Å². The lowest BCUT2D eigenvalue weighted by atomic mass is 9.90. The number of carbonyl (C=O) groups excluding carboxylic acids is 1. The second-order valence-electron chi connectivity index (χ2n) is 4.73. The highest BCUT2D eigenvalue weighted by molar-refractivity contribution is 5.88. The van der Waals surface area contributed by atoms with Crippen LogP contribution in [-0.4, -0.2) is 29.2 Å². The van der Waals surface area contributed by atoms with Crippen molar-refractivity contribution in [3.05, 3.63) is 0 Å². The van der Waals surface area contributed by atoms with E-state index in [1.54, 1.807) is 0 Å². The maximum absolute atomic E-state index is 11.8. The largest absolute Gasteiger partial charge is 0.382 e. The average molecular weight is 214 g/mol. The molecule has 0 amide bonds. The molecule has 3 heteroatoms. The molecule has 0 aromatic heterocycles. The minimum Gasteiger partial charge on any atom is -0.382 e. The quantitative estimate of drug-likeness (QED) is 0.729. The molecule has 1 N–H and O–H groups in total. The summed E-state index contributed by atoms with van der Waals surface area (Å²) in [6.07, 6.45) is 5.40. The van der Waals surface area contributed by atoms with Crippen LogP contribution in [0.15, 0.2) is 0 Å². The highest BCUT2D eigenvalue weighted by Gasteiger charge is 2.35. The minimum atomic E-state index is -1.11. The third kappa shape index (κ3) is 3.92. The van der Waals surface area contributed by atoms with Gasteiger partial charge in [-0.25, -0.2) is 0 Å². The first-order chi connectivity index (χ1) is 7.04. The van der Waals surface area contributed by atoms with Crippen molar-refractivity contribution in [3.8, 4) is 0 Å². The van der Waals surface area contributed by atoms with Crippen LogP contribution in [0.3, 0.4) is 0 Å². The lowest BCUT2D eigenvalue weighted by Crippen LogP contribution is -2.41. The number of hydrogen-bond donors (Lipinski definition) is 1. The van der Waals surface area contributed by atoms with E-state index in [-0.39, 0.29) is 18.5 Å². The Kier molecular flexibility index (Phi) is 4.74. The van der Waals surface area contributed by atoms with E-state index in [1.807, 2.05) is 13.8 Å². The van der Waals surface area contributed by atoms with Crippen LogP contribution in [0.2, 0.25) is 0 Å². The predicted octanol–water partition coefficient (Wildman–Crippen LogP) is 2.07. The molecular formula is C12H22O3. The topological polar surface area (TPSA) is 46.5 Å². The molecule has 1 rings (SSSR count). The first-order valence-corrected chi connectivity index (χ1v) is 5.92. The molecule has 0 aliphatic heterocycles. The number of carbonyl (C=O) groups is 1. The minimum absolute atomic E-state index is 0.0447. The van der Waals surface area contributed by atoms with Crippen molar-refractivity contribution in [1.82, 2.24) is 0 Å². The van der Waals surface area contributed by atoms with Crippen LogP contribution in [0, 0.1) is 0 Å². The summed E-state index contributed by atoms with van der Waals surface area (Å²) in [5.41, 5.74) is -1.11. The van der Waals surface area contributed by atoms with Crippen molar-refractivity contribution in [3.63, 3.8) is 0 Å². The van der Waals surface area contributed by atoms with Gasteiger partial charge in [0, 0.05) is 0 Å². The van der Waals surface area contributed by atoms with Crippen LogP contribution in [0.5, 0.6) is 0 Å². The first-order valence-electron chi connectivity index (χ1n) is 5.92. The molecule has 0 aromatic carbocycles. The summed E-state index contributed by atoms with van der Waals surface area (Å²) < 4.78 is 5.25. The van der Waals surface area contributed by atoms with E-state index < -0.39 is 5.60 Å². The van der Waals surface area contributed by atoms with Gasteiger partial charge in [-0.05, 0) is 26.7 Å². The molecular weight excluding hydrogens is 192 g/mol. The van der Waals surface area contributed by atoms with E-state index in [2.05, 4.69) is 0 Å². The summed E-state index contributed by atoms with van der Waals surface area (Å²) in [6, 6.07) is 0. The number of ketones is 1. The van der Waals surface area contributed by atoms with Crippen LogP contribution in [0.4, 0.5) is 0 Å². The zero-order valence-corrected chi connectivity index (χ0v) is 9.79. The highest BCUT2D eigenvalue weighted by Crippen LogP contribution is 2.27. The third-order valence-corrected chi connectivity index (χ3v) is 3.00. The molecule has 1 aliphatic rings. The van der Waals surface area contributed by atoms with Crippen LogP contribution in [-0.2, 0) is 9.53 Å². The molecule has 0 radical (unpaired) electrons. The standard InChI is InChI=1S/C12H22O3/c1-10(2)15-9-11(13)12(14)7-5-3-4-6-8-12/h10,14H,3-9H2,1-2H3. The van der Waals surface area contributed by atoms with Crippen LogP contribution in [0.1, 0.15) is 52.4 Å². The van der Waals surface area contributed by atoms with Gasteiger partial charge in [0.25, 0.3) is 0 Å². The summed E-state index contributed by atoms with van der Waals surface area (Å²) in [5.74, 6) is -0.141. The molecule has 0 aromatic rings. The number of aliphatic hydroxyl groups is 1. The number of rotatable bonds is 4. The molecule has 1 aliphatic carbocycles. The van der Waals surface area contributed by atoms with Crippen molar-refractivity contribution in [2.45, 2.75) is 64.1 Å². The zero-order valence-electron chi connectivity index (χ0n) is 9.79. The number of hydrogen-bond acceptors (Lipinski definition) is 3. The normalized spacial score (nSPS) is 21.3. The van der Waals surface area contributed by atoms with Gasteiger partial charge in [0.2, 0.25) is 0 Å². The van der Waals surface area contributed by atoms with E-state index >= 15 is 0 Å². The molecule has 0 atom stereocenters. The van der Waals surface area contributed by atoms with Gasteiger partial charge in [-0.3, -0.25) is 4.79 Å². The Labute approximate surface area is 91.8 Å². The monoisotopic (exact) mass is 214 g/mol. The van der Waals surface area contributed by atoms with Gasteiger partial charge in [0.1, 0.15) is 12.2 Å². The lowest BCUT2D eigenvalue weighted by Gasteiger charge is -2.25. The van der Waals surface area contributed by atoms with Gasteiger partial charge in [-0.1, -0.05) is 25.7 Å². The SMILES string of the molecule is CC(C)OCC(=O)C1(O)CCCCCC1. The molecule has 0 bridgehead atoms. The van der Waals surface area contributed by atoms with Gasteiger partial charge in [-0.15, -0.1) is 0 Å². The number of ether oxygens (including phenoxy) is 1. The predicted molar refractivity (Wildman–Crippen MR) is 58.7 cm³/mol. The van der Waals surface area contributed by atoms with Crippen LogP contribution >= 0.6 is 0 Å². The Morgan fingerprint density at radius 3 is 2.27 bits per heavy atom. The Morgan fingerprint density at radius 2 is 1.80 bits per heavy atom. The highest BCUT2D eigenvalue weighted by atomic mass is 16.5. The Morgan fingerprint density at radius 1 is 1.27 bits per heavy atom. The second-order valence-corrected chi connectivity index (χ2v) is 4.73. The molecule has 15 heavy (non-hydrogen) atoms. The van der Waals surface area contributed by atoms with Crippen molar-refractivity contribution in [2.24, 2.45) is 0 Å². The molecule has 1 fully saturated rings. The van der Waals surface area contributed by atoms with E-state index in [9.17, 15) is 9.90 Å². The lowest BCUT2D eigenvalue weighted by molar-refractivity contribution is -0.145. The number of Topliss-reactive ketones (excluding diaryl/α,β-unsaturated/α-hetero) is 1. The summed E-state index contributed by atoms with van der Waals surface area (Å²) in [5, 5.41) is 10.2. The van der Waals surface area contributed by atoms with Gasteiger partial charge >= 0.3 is 0 Å². The maximum atomic E-state index is 11.8. The van der Waals surface area contributed by atoms with Crippen LogP contribution < -0.4 is 0 Å². The fourth-order valence-corrected chi connectivity index (χ4v) is 1.97. The zero-order chi connectivity index (χ0) is 11.3. The van der Waals surface area contributed by atoms with Gasteiger partial charge < -0.3 is 9.84 Å². The van der Waals surface area contributed by atoms with Crippen molar-refractivity contribution in [2.75, 3.05) is 6.61 Å². The Balaban J connectivity index is 2.47. The van der Waals surface area contributed by atoms with Crippen molar-refractivity contribution < 1.29 is 14.6 Å². The molecule has 1 saturated carbocycles. The molecule has 0 saturated heterocycles. The van der Waals surface area contributed by atoms with Crippen molar-refractivity contribution >= 4 is 5.78 Å². The van der Waals surface area contributed by atoms with E-state index in [0.717, 1.165) is 25.7 Å². The molecule has 3 nitrogen and oxygen atoms in total. The maximum Gasteiger partial charge on any atom is 0.189 e. The van der Waals surface area contributed by atoms with Gasteiger partial charge in [-0.2, -0.15) is 0 Å². The fraction of sp³-hybridized carbons (Fsp3) is 0.917. The average Bonchev–Trinajstić information content (AvgIpc) is 2.40. The summed E-state index contributed by atoms with van der Waals surface area (Å²) >= 11 is 0. The molecule has 0 spiro atoms. The van der Waals surface area contributed by atoms with E-state index in [4.69, 9.17) is 4.74 Å². The van der Waals surface area contributed by atoms with Crippen LogP contribution in [0.25, 0.3) is 0 Å². The smallest absolute Gasteiger partial charge is 0.189 e. The van der Waals surface area contributed by atoms with Gasteiger partial charge in [0.05, 0.1) is 6.10 Å². The third-order valence-electron chi connectivity index (χ3n) is 3.00. The second kappa shape index (κ2) is 5.61. The summed E-state index contributed by atoms with van der Waals surface area (Å²) in [7, 11) is 0. The van der Waals surface area contributed by atoms with Gasteiger partial charge in [0.15, 0.2) is 5.78 Å².